The highest BCUT2D eigenvalue weighted by molar-refractivity contribution is 5.91. The molecule has 0 unspecified atom stereocenters. The molecule has 0 bridgehead atoms. The maximum atomic E-state index is 3.71. The van der Waals surface area contributed by atoms with E-state index in [2.05, 4.69) is 71.3 Å². The third kappa shape index (κ3) is 4.26. The molecule has 0 amide bonds. The fraction of sp³-hybridized carbons (Fsp3) is 0.375. The molecule has 0 heterocycles. The Balaban J connectivity index is 1.09. The van der Waals surface area contributed by atoms with Crippen LogP contribution in [0, 0.1) is 0 Å². The summed E-state index contributed by atoms with van der Waals surface area (Å²) in [6, 6.07) is 23.0. The normalized spacial score (nSPS) is 15.4. The summed E-state index contributed by atoms with van der Waals surface area (Å²) in [5.74, 6) is 0. The Hall–Kier alpha value is -2.68. The molecule has 2 aliphatic carbocycles. The van der Waals surface area contributed by atoms with Crippen LogP contribution < -0.4 is 10.6 Å². The van der Waals surface area contributed by atoms with Gasteiger partial charge < -0.3 is 10.6 Å². The zero-order valence-corrected chi connectivity index (χ0v) is 20.3. The molecule has 2 aliphatic rings. The maximum Gasteiger partial charge on any atom is 0.0212 e. The molecule has 174 valence electrons. The van der Waals surface area contributed by atoms with Crippen molar-refractivity contribution in [2.24, 2.45) is 0 Å². The third-order valence-corrected chi connectivity index (χ3v) is 8.02. The van der Waals surface area contributed by atoms with E-state index in [1.807, 2.05) is 0 Å². The molecule has 0 atom stereocenters. The molecule has 0 aromatic heterocycles. The van der Waals surface area contributed by atoms with Crippen molar-refractivity contribution in [3.05, 3.63) is 94.0 Å². The number of benzene rings is 4. The Labute approximate surface area is 203 Å². The standard InChI is InChI=1S/C32H36N2/c1-3-11-27-23(9-1)19-25(29-13-5-7-15-31(27)29)21-33-17-18-34-22-26-20-24-10-2-4-12-28(24)32-16-8-6-14-30(26)32/h5-8,13-16,19-20,33-34H,1-4,9-12,17-18,21-22H2. The molecule has 0 aliphatic heterocycles. The topological polar surface area (TPSA) is 24.1 Å². The third-order valence-electron chi connectivity index (χ3n) is 8.02. The molecule has 0 saturated carbocycles. The van der Waals surface area contributed by atoms with Crippen LogP contribution in [0.5, 0.6) is 0 Å². The van der Waals surface area contributed by atoms with Crippen LogP contribution >= 0.6 is 0 Å². The van der Waals surface area contributed by atoms with Gasteiger partial charge in [-0.1, -0.05) is 60.7 Å². The van der Waals surface area contributed by atoms with Gasteiger partial charge in [0.2, 0.25) is 0 Å². The molecule has 6 rings (SSSR count). The van der Waals surface area contributed by atoms with E-state index in [1.54, 1.807) is 22.3 Å². The van der Waals surface area contributed by atoms with E-state index in [0.29, 0.717) is 0 Å². The second-order valence-corrected chi connectivity index (χ2v) is 10.2. The largest absolute Gasteiger partial charge is 0.311 e. The number of hydrogen-bond acceptors (Lipinski definition) is 2. The van der Waals surface area contributed by atoms with E-state index in [4.69, 9.17) is 0 Å². The first-order valence-electron chi connectivity index (χ1n) is 13.3. The van der Waals surface area contributed by atoms with Crippen molar-refractivity contribution < 1.29 is 0 Å². The van der Waals surface area contributed by atoms with Crippen molar-refractivity contribution in [2.45, 2.75) is 64.5 Å². The first-order chi connectivity index (χ1) is 16.9. The summed E-state index contributed by atoms with van der Waals surface area (Å²) >= 11 is 0. The summed E-state index contributed by atoms with van der Waals surface area (Å²) in [5.41, 5.74) is 9.28. The van der Waals surface area contributed by atoms with Crippen molar-refractivity contribution in [3.63, 3.8) is 0 Å². The van der Waals surface area contributed by atoms with E-state index in [1.165, 1.54) is 84.0 Å². The van der Waals surface area contributed by atoms with E-state index in [9.17, 15) is 0 Å². The van der Waals surface area contributed by atoms with Gasteiger partial charge in [0.15, 0.2) is 0 Å². The van der Waals surface area contributed by atoms with Crippen molar-refractivity contribution in [2.75, 3.05) is 13.1 Å². The van der Waals surface area contributed by atoms with E-state index in [-0.39, 0.29) is 0 Å². The van der Waals surface area contributed by atoms with Gasteiger partial charge in [0.1, 0.15) is 0 Å². The van der Waals surface area contributed by atoms with Crippen molar-refractivity contribution in [3.8, 4) is 0 Å². The van der Waals surface area contributed by atoms with Crippen LogP contribution in [0.25, 0.3) is 21.5 Å². The van der Waals surface area contributed by atoms with E-state index >= 15 is 0 Å². The summed E-state index contributed by atoms with van der Waals surface area (Å²) in [6.07, 6.45) is 10.3. The summed E-state index contributed by atoms with van der Waals surface area (Å²) in [7, 11) is 0. The summed E-state index contributed by atoms with van der Waals surface area (Å²) < 4.78 is 0. The monoisotopic (exact) mass is 448 g/mol. The minimum atomic E-state index is 0.942. The van der Waals surface area contributed by atoms with Gasteiger partial charge in [-0.2, -0.15) is 0 Å². The number of aryl methyl sites for hydroxylation is 4. The van der Waals surface area contributed by atoms with E-state index < -0.39 is 0 Å². The number of nitrogens with one attached hydrogen (secondary N) is 2. The van der Waals surface area contributed by atoms with Gasteiger partial charge in [0.05, 0.1) is 0 Å². The van der Waals surface area contributed by atoms with Crippen LogP contribution in [0.4, 0.5) is 0 Å². The maximum absolute atomic E-state index is 3.71. The minimum absolute atomic E-state index is 0.942. The second-order valence-electron chi connectivity index (χ2n) is 10.2. The first kappa shape index (κ1) is 21.8. The second kappa shape index (κ2) is 9.90. The zero-order chi connectivity index (χ0) is 22.7. The predicted octanol–water partition coefficient (Wildman–Crippen LogP) is 6.63. The van der Waals surface area contributed by atoms with E-state index in [0.717, 1.165) is 26.2 Å². The Morgan fingerprint density at radius 2 is 0.912 bits per heavy atom. The molecule has 2 heteroatoms. The Bertz CT molecular complexity index is 1220. The molecule has 0 spiro atoms. The van der Waals surface area contributed by atoms with Crippen LogP contribution in [0.3, 0.4) is 0 Å². The Morgan fingerprint density at radius 3 is 1.38 bits per heavy atom. The smallest absolute Gasteiger partial charge is 0.0212 e. The SMILES string of the molecule is c1ccc2c3c(cc(CNCCNCc4cc5c(c6ccccc46)CCCC5)c2c1)CCCC3. The van der Waals surface area contributed by atoms with Gasteiger partial charge in [-0.3, -0.25) is 0 Å². The summed E-state index contributed by atoms with van der Waals surface area (Å²) in [5, 5.41) is 13.3. The lowest BCUT2D eigenvalue weighted by Crippen LogP contribution is -2.27. The fourth-order valence-electron chi connectivity index (χ4n) is 6.34. The van der Waals surface area contributed by atoms with Crippen LogP contribution in [-0.2, 0) is 38.8 Å². The Kier molecular flexibility index (Phi) is 6.35. The number of fused-ring (bicyclic) bond motifs is 6. The molecular weight excluding hydrogens is 412 g/mol. The van der Waals surface area contributed by atoms with Crippen LogP contribution in [0.1, 0.15) is 59.1 Å². The number of hydrogen-bond donors (Lipinski definition) is 2. The van der Waals surface area contributed by atoms with Gasteiger partial charge in [0.25, 0.3) is 0 Å². The molecule has 0 saturated heterocycles. The highest BCUT2D eigenvalue weighted by Gasteiger charge is 2.16. The minimum Gasteiger partial charge on any atom is -0.311 e. The van der Waals surface area contributed by atoms with Crippen LogP contribution in [0.2, 0.25) is 0 Å². The lowest BCUT2D eigenvalue weighted by atomic mass is 9.85. The molecule has 0 fully saturated rings. The quantitative estimate of drug-likeness (QED) is 0.310. The number of rotatable bonds is 7. The highest BCUT2D eigenvalue weighted by atomic mass is 14.9. The van der Waals surface area contributed by atoms with Gasteiger partial charge in [-0.05, 0) is 106 Å². The van der Waals surface area contributed by atoms with Crippen molar-refractivity contribution in [1.29, 1.82) is 0 Å². The lowest BCUT2D eigenvalue weighted by molar-refractivity contribution is 0.611. The van der Waals surface area contributed by atoms with Gasteiger partial charge in [-0.15, -0.1) is 0 Å². The van der Waals surface area contributed by atoms with Gasteiger partial charge in [-0.25, -0.2) is 0 Å². The first-order valence-corrected chi connectivity index (χ1v) is 13.3. The molecule has 4 aromatic carbocycles. The lowest BCUT2D eigenvalue weighted by Gasteiger charge is -2.21. The molecule has 34 heavy (non-hydrogen) atoms. The summed E-state index contributed by atoms with van der Waals surface area (Å²) in [6.45, 7) is 3.84. The molecule has 2 nitrogen and oxygen atoms in total. The highest BCUT2D eigenvalue weighted by Crippen LogP contribution is 2.33. The van der Waals surface area contributed by atoms with Gasteiger partial charge in [0, 0.05) is 26.2 Å². The predicted molar refractivity (Wildman–Crippen MR) is 145 cm³/mol. The molecule has 2 N–H and O–H groups in total. The fourth-order valence-corrected chi connectivity index (χ4v) is 6.34. The van der Waals surface area contributed by atoms with Crippen LogP contribution in [0.15, 0.2) is 60.7 Å². The van der Waals surface area contributed by atoms with Gasteiger partial charge >= 0.3 is 0 Å². The van der Waals surface area contributed by atoms with Crippen LogP contribution in [-0.4, -0.2) is 13.1 Å². The Morgan fingerprint density at radius 1 is 0.500 bits per heavy atom. The molecule has 0 radical (unpaired) electrons. The summed E-state index contributed by atoms with van der Waals surface area (Å²) in [4.78, 5) is 0. The van der Waals surface area contributed by atoms with Crippen molar-refractivity contribution >= 4 is 21.5 Å². The molecule has 4 aromatic rings. The average Bonchev–Trinajstić information content (AvgIpc) is 2.90. The average molecular weight is 449 g/mol. The molecular formula is C32H36N2. The van der Waals surface area contributed by atoms with Crippen molar-refractivity contribution in [1.82, 2.24) is 10.6 Å². The zero-order valence-electron chi connectivity index (χ0n) is 20.3.